The monoisotopic (exact) mass is 345 g/mol. The number of para-hydroxylation sites is 1. The normalized spacial score (nSPS) is 12.2. The third-order valence-electron chi connectivity index (χ3n) is 3.84. The van der Waals surface area contributed by atoms with E-state index in [9.17, 15) is 14.4 Å². The number of hydrogen-bond acceptors (Lipinski definition) is 5. The van der Waals surface area contributed by atoms with Crippen molar-refractivity contribution in [3.05, 3.63) is 40.9 Å². The van der Waals surface area contributed by atoms with Gasteiger partial charge >= 0.3 is 5.97 Å². The molecule has 134 valence electrons. The first kappa shape index (κ1) is 18.6. The van der Waals surface area contributed by atoms with Gasteiger partial charge in [0.2, 0.25) is 5.91 Å². The second kappa shape index (κ2) is 8.41. The predicted octanol–water partition coefficient (Wildman–Crippen LogP) is 1.49. The third kappa shape index (κ3) is 4.89. The molecule has 0 bridgehead atoms. The van der Waals surface area contributed by atoms with E-state index in [1.165, 1.54) is 18.0 Å². The Morgan fingerprint density at radius 2 is 2.00 bits per heavy atom. The summed E-state index contributed by atoms with van der Waals surface area (Å²) in [5.41, 5.74) is 0.431. The van der Waals surface area contributed by atoms with Crippen molar-refractivity contribution in [2.24, 2.45) is 5.92 Å². The molecule has 0 fully saturated rings. The lowest BCUT2D eigenvalue weighted by molar-refractivity contribution is -0.145. The minimum atomic E-state index is -0.677. The van der Waals surface area contributed by atoms with E-state index in [0.29, 0.717) is 17.3 Å². The summed E-state index contributed by atoms with van der Waals surface area (Å²) in [5, 5.41) is 3.19. The van der Waals surface area contributed by atoms with Gasteiger partial charge in [0, 0.05) is 13.0 Å². The minimum absolute atomic E-state index is 0.0749. The molecule has 0 unspecified atom stereocenters. The first-order valence-electron chi connectivity index (χ1n) is 8.23. The number of benzene rings is 1. The highest BCUT2D eigenvalue weighted by atomic mass is 16.5. The van der Waals surface area contributed by atoms with Crippen LogP contribution in [0.3, 0.4) is 0 Å². The largest absolute Gasteiger partial charge is 0.467 e. The third-order valence-corrected chi connectivity index (χ3v) is 3.84. The van der Waals surface area contributed by atoms with Crippen molar-refractivity contribution in [1.82, 2.24) is 14.9 Å². The summed E-state index contributed by atoms with van der Waals surface area (Å²) in [4.78, 5) is 40.5. The number of rotatable bonds is 7. The summed E-state index contributed by atoms with van der Waals surface area (Å²) in [6.07, 6.45) is 2.01. The van der Waals surface area contributed by atoms with Crippen LogP contribution in [0, 0.1) is 5.92 Å². The van der Waals surface area contributed by atoms with E-state index in [-0.39, 0.29) is 30.3 Å². The van der Waals surface area contributed by atoms with Crippen molar-refractivity contribution in [1.29, 1.82) is 0 Å². The topological polar surface area (TPSA) is 90.3 Å². The van der Waals surface area contributed by atoms with Gasteiger partial charge in [-0.2, -0.15) is 0 Å². The number of nitrogens with one attached hydrogen (secondary N) is 1. The van der Waals surface area contributed by atoms with E-state index in [4.69, 9.17) is 4.74 Å². The second-order valence-electron chi connectivity index (χ2n) is 6.28. The quantitative estimate of drug-likeness (QED) is 0.768. The maximum Gasteiger partial charge on any atom is 0.328 e. The molecule has 0 saturated carbocycles. The molecule has 25 heavy (non-hydrogen) atoms. The van der Waals surface area contributed by atoms with E-state index in [1.54, 1.807) is 18.2 Å². The molecule has 2 aromatic rings. The number of fused-ring (bicyclic) bond motifs is 1. The SMILES string of the molecule is COC(=O)[C@@H](CC(C)C)NC(=O)CCn1cnc2ccccc2c1=O. The molecule has 1 aromatic heterocycles. The lowest BCUT2D eigenvalue weighted by atomic mass is 10.0. The summed E-state index contributed by atoms with van der Waals surface area (Å²) in [7, 11) is 1.29. The highest BCUT2D eigenvalue weighted by molar-refractivity contribution is 5.84. The first-order chi connectivity index (χ1) is 11.9. The predicted molar refractivity (Wildman–Crippen MR) is 94.0 cm³/mol. The maximum atomic E-state index is 12.4. The number of methoxy groups -OCH3 is 1. The lowest BCUT2D eigenvalue weighted by Crippen LogP contribution is -2.42. The fourth-order valence-corrected chi connectivity index (χ4v) is 2.58. The van der Waals surface area contributed by atoms with Crippen LogP contribution in [0.15, 0.2) is 35.4 Å². The second-order valence-corrected chi connectivity index (χ2v) is 6.28. The lowest BCUT2D eigenvalue weighted by Gasteiger charge is -2.18. The molecule has 0 aliphatic rings. The van der Waals surface area contributed by atoms with Crippen molar-refractivity contribution >= 4 is 22.8 Å². The number of carbonyl (C=O) groups excluding carboxylic acids is 2. The van der Waals surface area contributed by atoms with Crippen LogP contribution in [-0.4, -0.2) is 34.6 Å². The number of hydrogen-bond donors (Lipinski definition) is 1. The molecule has 1 heterocycles. The summed E-state index contributed by atoms with van der Waals surface area (Å²) in [5.74, 6) is -0.542. The Morgan fingerprint density at radius 1 is 1.28 bits per heavy atom. The Kier molecular flexibility index (Phi) is 6.27. The molecular formula is C18H23N3O4. The van der Waals surface area contributed by atoms with Crippen molar-refractivity contribution in [2.75, 3.05) is 7.11 Å². The average Bonchev–Trinajstić information content (AvgIpc) is 2.59. The molecule has 7 heteroatoms. The molecule has 0 aliphatic carbocycles. The molecule has 2 rings (SSSR count). The fraction of sp³-hybridized carbons (Fsp3) is 0.444. The Morgan fingerprint density at radius 3 is 2.68 bits per heavy atom. The van der Waals surface area contributed by atoms with Crippen LogP contribution in [0.4, 0.5) is 0 Å². The van der Waals surface area contributed by atoms with Gasteiger partial charge in [0.05, 0.1) is 24.3 Å². The number of aromatic nitrogens is 2. The fourth-order valence-electron chi connectivity index (χ4n) is 2.58. The number of carbonyl (C=O) groups is 2. The highest BCUT2D eigenvalue weighted by Crippen LogP contribution is 2.07. The Bertz CT molecular complexity index is 813. The van der Waals surface area contributed by atoms with Crippen molar-refractivity contribution in [3.8, 4) is 0 Å². The standard InChI is InChI=1S/C18H23N3O4/c1-12(2)10-15(18(24)25-3)20-16(22)8-9-21-11-19-14-7-5-4-6-13(14)17(21)23/h4-7,11-12,15H,8-10H2,1-3H3,(H,20,22)/t15-/m1/s1. The summed E-state index contributed by atoms with van der Waals surface area (Å²) < 4.78 is 6.13. The summed E-state index contributed by atoms with van der Waals surface area (Å²) in [6, 6.07) is 6.38. The van der Waals surface area contributed by atoms with Crippen LogP contribution in [-0.2, 0) is 20.9 Å². The van der Waals surface area contributed by atoms with E-state index in [0.717, 1.165) is 0 Å². The van der Waals surface area contributed by atoms with Crippen LogP contribution in [0.2, 0.25) is 0 Å². The summed E-state index contributed by atoms with van der Waals surface area (Å²) in [6.45, 7) is 4.11. The molecule has 1 N–H and O–H groups in total. The zero-order chi connectivity index (χ0) is 18.4. The number of amides is 1. The van der Waals surface area contributed by atoms with Crippen LogP contribution in [0.5, 0.6) is 0 Å². The van der Waals surface area contributed by atoms with Crippen molar-refractivity contribution < 1.29 is 14.3 Å². The molecular weight excluding hydrogens is 322 g/mol. The minimum Gasteiger partial charge on any atom is -0.467 e. The van der Waals surface area contributed by atoms with Gasteiger partial charge in [0.25, 0.3) is 5.56 Å². The van der Waals surface area contributed by atoms with E-state index < -0.39 is 12.0 Å². The van der Waals surface area contributed by atoms with Gasteiger partial charge in [-0.1, -0.05) is 26.0 Å². The molecule has 0 radical (unpaired) electrons. The van der Waals surface area contributed by atoms with E-state index >= 15 is 0 Å². The average molecular weight is 345 g/mol. The molecule has 0 spiro atoms. The van der Waals surface area contributed by atoms with Gasteiger partial charge in [-0.3, -0.25) is 14.2 Å². The zero-order valence-electron chi connectivity index (χ0n) is 14.7. The number of ether oxygens (including phenoxy) is 1. The Balaban J connectivity index is 2.03. The molecule has 0 aliphatic heterocycles. The number of nitrogens with zero attached hydrogens (tertiary/aromatic N) is 2. The first-order valence-corrected chi connectivity index (χ1v) is 8.23. The van der Waals surface area contributed by atoms with Crippen LogP contribution in [0.1, 0.15) is 26.7 Å². The zero-order valence-corrected chi connectivity index (χ0v) is 14.7. The van der Waals surface area contributed by atoms with Gasteiger partial charge in [-0.15, -0.1) is 0 Å². The van der Waals surface area contributed by atoms with Gasteiger partial charge in [0.1, 0.15) is 6.04 Å². The molecule has 1 amide bonds. The van der Waals surface area contributed by atoms with E-state index in [1.807, 2.05) is 19.9 Å². The Hall–Kier alpha value is -2.70. The van der Waals surface area contributed by atoms with Crippen molar-refractivity contribution in [2.45, 2.75) is 39.3 Å². The van der Waals surface area contributed by atoms with Gasteiger partial charge in [-0.25, -0.2) is 9.78 Å². The molecule has 1 atom stereocenters. The van der Waals surface area contributed by atoms with Crippen LogP contribution in [0.25, 0.3) is 10.9 Å². The smallest absolute Gasteiger partial charge is 0.328 e. The van der Waals surface area contributed by atoms with Crippen LogP contribution < -0.4 is 10.9 Å². The van der Waals surface area contributed by atoms with Gasteiger partial charge in [0.15, 0.2) is 0 Å². The maximum absolute atomic E-state index is 12.4. The summed E-state index contributed by atoms with van der Waals surface area (Å²) >= 11 is 0. The number of aryl methyl sites for hydroxylation is 1. The van der Waals surface area contributed by atoms with E-state index in [2.05, 4.69) is 10.3 Å². The van der Waals surface area contributed by atoms with Gasteiger partial charge < -0.3 is 10.1 Å². The molecule has 0 saturated heterocycles. The number of esters is 1. The van der Waals surface area contributed by atoms with Crippen LogP contribution >= 0.6 is 0 Å². The van der Waals surface area contributed by atoms with Gasteiger partial charge in [-0.05, 0) is 24.5 Å². The Labute approximate surface area is 146 Å². The van der Waals surface area contributed by atoms with Crippen molar-refractivity contribution in [3.63, 3.8) is 0 Å². The molecule has 1 aromatic carbocycles. The molecule has 7 nitrogen and oxygen atoms in total. The highest BCUT2D eigenvalue weighted by Gasteiger charge is 2.22.